The second kappa shape index (κ2) is 2.82. The summed E-state index contributed by atoms with van der Waals surface area (Å²) in [5.74, 6) is 0.567. The van der Waals surface area contributed by atoms with Crippen molar-refractivity contribution in [3.8, 4) is 5.88 Å². The van der Waals surface area contributed by atoms with E-state index in [4.69, 9.17) is 4.74 Å². The minimum absolute atomic E-state index is 0.567. The average Bonchev–Trinajstić information content (AvgIpc) is 1.89. The molecule has 0 atom stereocenters. The Hall–Kier alpha value is -0.570. The van der Waals surface area contributed by atoms with Gasteiger partial charge in [0.05, 0.1) is 17.8 Å². The summed E-state index contributed by atoms with van der Waals surface area (Å²) in [6.45, 7) is 0. The fraction of sp³-hybridized carbons (Fsp3) is 0.167. The van der Waals surface area contributed by atoms with Gasteiger partial charge >= 0.3 is 0 Å². The number of hydrogen-bond acceptors (Lipinski definition) is 2. The summed E-state index contributed by atoms with van der Waals surface area (Å²) < 4.78 is 5.71. The molecule has 1 rings (SSSR count). The van der Waals surface area contributed by atoms with Crippen LogP contribution in [-0.4, -0.2) is 12.1 Å². The van der Waals surface area contributed by atoms with Crippen molar-refractivity contribution in [2.45, 2.75) is 0 Å². The van der Waals surface area contributed by atoms with Gasteiger partial charge in [-0.05, 0) is 28.1 Å². The van der Waals surface area contributed by atoms with Gasteiger partial charge in [-0.2, -0.15) is 0 Å². The zero-order chi connectivity index (χ0) is 6.69. The van der Waals surface area contributed by atoms with Crippen LogP contribution in [0.3, 0.4) is 0 Å². The van der Waals surface area contributed by atoms with Crippen LogP contribution in [0.5, 0.6) is 5.88 Å². The molecule has 0 saturated heterocycles. The van der Waals surface area contributed by atoms with Crippen molar-refractivity contribution < 1.29 is 4.74 Å². The van der Waals surface area contributed by atoms with Gasteiger partial charge in [0.2, 0.25) is 5.88 Å². The first kappa shape index (κ1) is 6.55. The van der Waals surface area contributed by atoms with E-state index < -0.39 is 0 Å². The molecule has 0 aliphatic rings. The maximum Gasteiger partial charge on any atom is 0.228 e. The van der Waals surface area contributed by atoms with E-state index in [0.717, 1.165) is 4.47 Å². The third-order valence-corrected chi connectivity index (χ3v) is 1.47. The van der Waals surface area contributed by atoms with Crippen LogP contribution in [0.15, 0.2) is 16.6 Å². The molecule has 1 aromatic rings. The Kier molecular flexibility index (Phi) is 2.05. The van der Waals surface area contributed by atoms with Crippen molar-refractivity contribution in [3.05, 3.63) is 22.8 Å². The van der Waals surface area contributed by atoms with Gasteiger partial charge in [0.25, 0.3) is 0 Å². The van der Waals surface area contributed by atoms with Crippen LogP contribution in [0.1, 0.15) is 0 Å². The number of pyridine rings is 1. The van der Waals surface area contributed by atoms with Crippen LogP contribution >= 0.6 is 15.9 Å². The van der Waals surface area contributed by atoms with Gasteiger partial charge in [-0.15, -0.1) is 0 Å². The van der Waals surface area contributed by atoms with Gasteiger partial charge in [-0.25, -0.2) is 4.98 Å². The lowest BCUT2D eigenvalue weighted by Crippen LogP contribution is -1.86. The Balaban J connectivity index is 3.01. The number of rotatable bonds is 1. The largest absolute Gasteiger partial charge is 0.480 e. The summed E-state index contributed by atoms with van der Waals surface area (Å²) >= 11 is 3.25. The third-order valence-electron chi connectivity index (χ3n) is 0.868. The van der Waals surface area contributed by atoms with Crippen LogP contribution in [-0.2, 0) is 0 Å². The third kappa shape index (κ3) is 1.42. The molecule has 47 valence electrons. The molecule has 0 unspecified atom stereocenters. The number of ether oxygens (including phenoxy) is 1. The number of hydrogen-bond donors (Lipinski definition) is 0. The minimum Gasteiger partial charge on any atom is -0.480 e. The van der Waals surface area contributed by atoms with Crippen LogP contribution in [0, 0.1) is 6.20 Å². The molecule has 0 saturated carbocycles. The molecule has 2 nitrogen and oxygen atoms in total. The maximum absolute atomic E-state index is 4.86. The second-order valence-corrected chi connectivity index (χ2v) is 2.29. The molecule has 1 aromatic heterocycles. The number of halogens is 1. The van der Waals surface area contributed by atoms with Crippen molar-refractivity contribution in [2.24, 2.45) is 0 Å². The van der Waals surface area contributed by atoms with Gasteiger partial charge in [0.15, 0.2) is 0 Å². The summed E-state index contributed by atoms with van der Waals surface area (Å²) in [5, 5.41) is 0. The predicted octanol–water partition coefficient (Wildman–Crippen LogP) is 1.65. The lowest BCUT2D eigenvalue weighted by molar-refractivity contribution is 0.395. The van der Waals surface area contributed by atoms with Crippen LogP contribution in [0.4, 0.5) is 0 Å². The molecule has 9 heavy (non-hydrogen) atoms. The molecule has 0 aliphatic heterocycles. The molecule has 0 fully saturated rings. The molecular formula is C6H5BrNO. The molecular weight excluding hydrogens is 182 g/mol. The van der Waals surface area contributed by atoms with Crippen LogP contribution in [0.2, 0.25) is 0 Å². The Labute approximate surface area is 62.0 Å². The summed E-state index contributed by atoms with van der Waals surface area (Å²) in [5.41, 5.74) is 0. The second-order valence-electron chi connectivity index (χ2n) is 1.43. The highest BCUT2D eigenvalue weighted by molar-refractivity contribution is 9.10. The zero-order valence-corrected chi connectivity index (χ0v) is 6.47. The Morgan fingerprint density at radius 1 is 1.78 bits per heavy atom. The fourth-order valence-electron chi connectivity index (χ4n) is 0.474. The minimum atomic E-state index is 0.567. The maximum atomic E-state index is 4.86. The number of methoxy groups -OCH3 is 1. The smallest absolute Gasteiger partial charge is 0.228 e. The first-order valence-corrected chi connectivity index (χ1v) is 3.20. The van der Waals surface area contributed by atoms with Crippen molar-refractivity contribution in [1.82, 2.24) is 4.98 Å². The Bertz CT molecular complexity index is 202. The highest BCUT2D eigenvalue weighted by Crippen LogP contribution is 2.19. The van der Waals surface area contributed by atoms with E-state index in [2.05, 4.69) is 27.1 Å². The Morgan fingerprint density at radius 2 is 2.56 bits per heavy atom. The van der Waals surface area contributed by atoms with Crippen molar-refractivity contribution in [2.75, 3.05) is 7.11 Å². The Morgan fingerprint density at radius 3 is 3.00 bits per heavy atom. The summed E-state index contributed by atoms with van der Waals surface area (Å²) in [7, 11) is 1.57. The van der Waals surface area contributed by atoms with E-state index in [0.29, 0.717) is 5.88 Å². The van der Waals surface area contributed by atoms with E-state index in [-0.39, 0.29) is 0 Å². The summed E-state index contributed by atoms with van der Waals surface area (Å²) in [4.78, 5) is 3.80. The predicted molar refractivity (Wildman–Crippen MR) is 37.3 cm³/mol. The molecule has 0 spiro atoms. The molecule has 3 heteroatoms. The number of nitrogens with zero attached hydrogens (tertiary/aromatic N) is 1. The zero-order valence-electron chi connectivity index (χ0n) is 4.89. The van der Waals surface area contributed by atoms with E-state index in [1.807, 2.05) is 6.07 Å². The number of aromatic nitrogens is 1. The van der Waals surface area contributed by atoms with Crippen molar-refractivity contribution >= 4 is 15.9 Å². The molecule has 1 heterocycles. The van der Waals surface area contributed by atoms with Crippen molar-refractivity contribution in [3.63, 3.8) is 0 Å². The fourth-order valence-corrected chi connectivity index (χ4v) is 0.857. The highest BCUT2D eigenvalue weighted by atomic mass is 79.9. The van der Waals surface area contributed by atoms with Gasteiger partial charge in [0.1, 0.15) is 0 Å². The lowest BCUT2D eigenvalue weighted by Gasteiger charge is -1.97. The standard InChI is InChI=1S/C6H5BrNO/c1-9-6-5(7)3-2-4-8-6/h2-3H,1H3. The molecule has 0 amide bonds. The molecule has 0 bridgehead atoms. The van der Waals surface area contributed by atoms with E-state index in [1.165, 1.54) is 0 Å². The SMILES string of the molecule is COc1n[c]ccc1Br. The molecule has 1 radical (unpaired) electrons. The van der Waals surface area contributed by atoms with E-state index in [1.54, 1.807) is 13.2 Å². The van der Waals surface area contributed by atoms with Gasteiger partial charge in [0, 0.05) is 0 Å². The van der Waals surface area contributed by atoms with E-state index >= 15 is 0 Å². The van der Waals surface area contributed by atoms with Gasteiger partial charge in [-0.3, -0.25) is 0 Å². The topological polar surface area (TPSA) is 22.1 Å². The quantitative estimate of drug-likeness (QED) is 0.666. The van der Waals surface area contributed by atoms with Crippen LogP contribution in [0.25, 0.3) is 0 Å². The molecule has 0 N–H and O–H groups in total. The van der Waals surface area contributed by atoms with Crippen molar-refractivity contribution in [1.29, 1.82) is 0 Å². The van der Waals surface area contributed by atoms with E-state index in [9.17, 15) is 0 Å². The van der Waals surface area contributed by atoms with Crippen LogP contribution < -0.4 is 4.74 Å². The molecule has 0 aliphatic carbocycles. The molecule has 0 aromatic carbocycles. The monoisotopic (exact) mass is 186 g/mol. The van der Waals surface area contributed by atoms with Gasteiger partial charge in [-0.1, -0.05) is 0 Å². The first-order chi connectivity index (χ1) is 4.34. The highest BCUT2D eigenvalue weighted by Gasteiger charge is 1.95. The van der Waals surface area contributed by atoms with Gasteiger partial charge < -0.3 is 4.74 Å². The first-order valence-electron chi connectivity index (χ1n) is 2.41. The lowest BCUT2D eigenvalue weighted by atomic mass is 10.5. The normalized spacial score (nSPS) is 9.11. The average molecular weight is 187 g/mol. The summed E-state index contributed by atoms with van der Waals surface area (Å²) in [6, 6.07) is 3.54. The summed E-state index contributed by atoms with van der Waals surface area (Å²) in [6.07, 6.45) is 2.65.